The molecule has 1 saturated heterocycles. The van der Waals surface area contributed by atoms with Gasteiger partial charge in [0.05, 0.1) is 5.56 Å². The third-order valence-corrected chi connectivity index (χ3v) is 3.50. The molecule has 0 radical (unpaired) electrons. The van der Waals surface area contributed by atoms with Gasteiger partial charge in [0.15, 0.2) is 6.61 Å². The molecule has 19 heavy (non-hydrogen) atoms. The first kappa shape index (κ1) is 13.8. The fourth-order valence-corrected chi connectivity index (χ4v) is 2.36. The zero-order valence-electron chi connectivity index (χ0n) is 11.0. The van der Waals surface area contributed by atoms with Crippen LogP contribution in [0.15, 0.2) is 24.3 Å². The van der Waals surface area contributed by atoms with Gasteiger partial charge in [-0.25, -0.2) is 0 Å². The molecule has 1 aliphatic heterocycles. The van der Waals surface area contributed by atoms with E-state index in [4.69, 9.17) is 22.7 Å². The summed E-state index contributed by atoms with van der Waals surface area (Å²) in [5.74, 6) is 1.16. The van der Waals surface area contributed by atoms with Gasteiger partial charge in [0, 0.05) is 13.1 Å². The molecule has 102 valence electrons. The number of hydrogen-bond donors (Lipinski definition) is 1. The monoisotopic (exact) mass is 278 g/mol. The Balaban J connectivity index is 1.95. The highest BCUT2D eigenvalue weighted by molar-refractivity contribution is 7.80. The molecule has 0 spiro atoms. The number of ether oxygens (including phenoxy) is 1. The molecular formula is C14H18N2O2S. The molecule has 1 aliphatic rings. The van der Waals surface area contributed by atoms with Crippen LogP contribution in [0.1, 0.15) is 18.9 Å². The van der Waals surface area contributed by atoms with Crippen LogP contribution < -0.4 is 10.5 Å². The summed E-state index contributed by atoms with van der Waals surface area (Å²) in [5, 5.41) is 0. The second kappa shape index (κ2) is 6.02. The lowest BCUT2D eigenvalue weighted by Crippen LogP contribution is -2.33. The molecule has 0 aliphatic carbocycles. The van der Waals surface area contributed by atoms with Crippen molar-refractivity contribution in [3.8, 4) is 5.75 Å². The van der Waals surface area contributed by atoms with E-state index >= 15 is 0 Å². The van der Waals surface area contributed by atoms with Crippen molar-refractivity contribution in [2.45, 2.75) is 13.3 Å². The van der Waals surface area contributed by atoms with Crippen LogP contribution in [0.4, 0.5) is 0 Å². The number of nitrogens with zero attached hydrogens (tertiary/aromatic N) is 1. The summed E-state index contributed by atoms with van der Waals surface area (Å²) in [7, 11) is 0. The molecule has 5 heteroatoms. The van der Waals surface area contributed by atoms with Gasteiger partial charge >= 0.3 is 0 Å². The van der Waals surface area contributed by atoms with Gasteiger partial charge in [-0.15, -0.1) is 0 Å². The first-order chi connectivity index (χ1) is 9.08. The maximum absolute atomic E-state index is 12.0. The SMILES string of the molecule is CC1CCN(C(=O)COc2ccccc2C(N)=S)C1. The van der Waals surface area contributed by atoms with Crippen molar-refractivity contribution in [1.29, 1.82) is 0 Å². The molecule has 1 unspecified atom stereocenters. The first-order valence-corrected chi connectivity index (χ1v) is 6.78. The van der Waals surface area contributed by atoms with Crippen molar-refractivity contribution in [3.63, 3.8) is 0 Å². The highest BCUT2D eigenvalue weighted by atomic mass is 32.1. The van der Waals surface area contributed by atoms with Crippen LogP contribution in [0.3, 0.4) is 0 Å². The highest BCUT2D eigenvalue weighted by Gasteiger charge is 2.23. The normalized spacial score (nSPS) is 18.4. The molecular weight excluding hydrogens is 260 g/mol. The molecule has 2 rings (SSSR count). The Morgan fingerprint density at radius 1 is 1.53 bits per heavy atom. The zero-order chi connectivity index (χ0) is 13.8. The average Bonchev–Trinajstić information content (AvgIpc) is 2.83. The number of hydrogen-bond acceptors (Lipinski definition) is 3. The van der Waals surface area contributed by atoms with E-state index in [0.29, 0.717) is 17.2 Å². The van der Waals surface area contributed by atoms with E-state index in [2.05, 4.69) is 6.92 Å². The lowest BCUT2D eigenvalue weighted by molar-refractivity contribution is -0.132. The Morgan fingerprint density at radius 2 is 2.26 bits per heavy atom. The van der Waals surface area contributed by atoms with Gasteiger partial charge in [-0.3, -0.25) is 4.79 Å². The molecule has 0 aromatic heterocycles. The van der Waals surface area contributed by atoms with Gasteiger partial charge < -0.3 is 15.4 Å². The lowest BCUT2D eigenvalue weighted by Gasteiger charge is -2.17. The third kappa shape index (κ3) is 3.44. The van der Waals surface area contributed by atoms with Crippen LogP contribution in [-0.2, 0) is 4.79 Å². The number of thiocarbonyl (C=S) groups is 1. The Bertz CT molecular complexity index is 490. The van der Waals surface area contributed by atoms with Crippen LogP contribution in [0, 0.1) is 5.92 Å². The van der Waals surface area contributed by atoms with Crippen molar-refractivity contribution in [2.24, 2.45) is 11.7 Å². The topological polar surface area (TPSA) is 55.6 Å². The molecule has 1 atom stereocenters. The van der Waals surface area contributed by atoms with Crippen molar-refractivity contribution in [2.75, 3.05) is 19.7 Å². The Labute approximate surface area is 118 Å². The minimum Gasteiger partial charge on any atom is -0.483 e. The van der Waals surface area contributed by atoms with Gasteiger partial charge in [-0.1, -0.05) is 31.3 Å². The minimum absolute atomic E-state index is 0.0158. The van der Waals surface area contributed by atoms with Crippen LogP contribution in [0.5, 0.6) is 5.75 Å². The smallest absolute Gasteiger partial charge is 0.260 e. The molecule has 2 N–H and O–H groups in total. The van der Waals surface area contributed by atoms with Gasteiger partial charge in [0.1, 0.15) is 10.7 Å². The number of nitrogens with two attached hydrogens (primary N) is 1. The van der Waals surface area contributed by atoms with E-state index in [1.165, 1.54) is 0 Å². The Morgan fingerprint density at radius 3 is 2.89 bits per heavy atom. The maximum atomic E-state index is 12.0. The first-order valence-electron chi connectivity index (χ1n) is 6.37. The van der Waals surface area contributed by atoms with Gasteiger partial charge in [0.25, 0.3) is 5.91 Å². The second-order valence-electron chi connectivity index (χ2n) is 4.88. The standard InChI is InChI=1S/C14H18N2O2S/c1-10-6-7-16(8-10)13(17)9-18-12-5-3-2-4-11(12)14(15)19/h2-5,10H,6-9H2,1H3,(H2,15,19). The van der Waals surface area contributed by atoms with E-state index in [-0.39, 0.29) is 17.5 Å². The van der Waals surface area contributed by atoms with E-state index < -0.39 is 0 Å². The summed E-state index contributed by atoms with van der Waals surface area (Å²) in [6, 6.07) is 7.24. The van der Waals surface area contributed by atoms with E-state index in [9.17, 15) is 4.79 Å². The number of likely N-dealkylation sites (tertiary alicyclic amines) is 1. The Kier molecular flexibility index (Phi) is 4.37. The van der Waals surface area contributed by atoms with Gasteiger partial charge in [-0.05, 0) is 24.5 Å². The van der Waals surface area contributed by atoms with Crippen LogP contribution in [-0.4, -0.2) is 35.5 Å². The van der Waals surface area contributed by atoms with Crippen LogP contribution in [0.25, 0.3) is 0 Å². The van der Waals surface area contributed by atoms with E-state index in [1.54, 1.807) is 12.1 Å². The molecule has 1 heterocycles. The molecule has 1 aromatic carbocycles. The quantitative estimate of drug-likeness (QED) is 0.849. The number of amides is 1. The van der Waals surface area contributed by atoms with Gasteiger partial charge in [-0.2, -0.15) is 0 Å². The fraction of sp³-hybridized carbons (Fsp3) is 0.429. The summed E-state index contributed by atoms with van der Waals surface area (Å²) in [6.45, 7) is 3.82. The second-order valence-corrected chi connectivity index (χ2v) is 5.32. The maximum Gasteiger partial charge on any atom is 0.260 e. The number of carbonyl (C=O) groups is 1. The molecule has 1 amide bonds. The van der Waals surface area contributed by atoms with Crippen LogP contribution in [0.2, 0.25) is 0 Å². The summed E-state index contributed by atoms with van der Waals surface area (Å²) in [6.07, 6.45) is 1.06. The van der Waals surface area contributed by atoms with Gasteiger partial charge in [0.2, 0.25) is 0 Å². The largest absolute Gasteiger partial charge is 0.483 e. The highest BCUT2D eigenvalue weighted by Crippen LogP contribution is 2.19. The number of rotatable bonds is 4. The molecule has 0 bridgehead atoms. The number of benzene rings is 1. The summed E-state index contributed by atoms with van der Waals surface area (Å²) in [5.41, 5.74) is 6.28. The van der Waals surface area contributed by atoms with E-state index in [0.717, 1.165) is 19.5 Å². The van der Waals surface area contributed by atoms with Crippen molar-refractivity contribution >= 4 is 23.1 Å². The molecule has 1 fully saturated rings. The van der Waals surface area contributed by atoms with E-state index in [1.807, 2.05) is 17.0 Å². The van der Waals surface area contributed by atoms with Crippen molar-refractivity contribution in [3.05, 3.63) is 29.8 Å². The number of para-hydroxylation sites is 1. The van der Waals surface area contributed by atoms with Crippen molar-refractivity contribution < 1.29 is 9.53 Å². The third-order valence-electron chi connectivity index (χ3n) is 3.28. The predicted octanol–water partition coefficient (Wildman–Crippen LogP) is 1.57. The van der Waals surface area contributed by atoms with Crippen molar-refractivity contribution in [1.82, 2.24) is 4.90 Å². The molecule has 1 aromatic rings. The summed E-state index contributed by atoms with van der Waals surface area (Å²) >= 11 is 4.95. The van der Waals surface area contributed by atoms with Crippen LogP contribution >= 0.6 is 12.2 Å². The summed E-state index contributed by atoms with van der Waals surface area (Å²) in [4.78, 5) is 14.1. The number of carbonyl (C=O) groups excluding carboxylic acids is 1. The minimum atomic E-state index is 0.0158. The average molecular weight is 278 g/mol. The fourth-order valence-electron chi connectivity index (χ4n) is 2.19. The predicted molar refractivity (Wildman–Crippen MR) is 78.2 cm³/mol. The molecule has 0 saturated carbocycles. The zero-order valence-corrected chi connectivity index (χ0v) is 11.8. The molecule has 4 nitrogen and oxygen atoms in total. The summed E-state index contributed by atoms with van der Waals surface area (Å²) < 4.78 is 5.55. The Hall–Kier alpha value is -1.62. The lowest BCUT2D eigenvalue weighted by atomic mass is 10.2.